The van der Waals surface area contributed by atoms with Gasteiger partial charge in [0.1, 0.15) is 11.4 Å². The van der Waals surface area contributed by atoms with Crippen LogP contribution in [0.1, 0.15) is 11.1 Å². The lowest BCUT2D eigenvalue weighted by Gasteiger charge is -2.17. The first-order chi connectivity index (χ1) is 13.0. The number of hydrogen-bond acceptors (Lipinski definition) is 5. The third-order valence-corrected chi connectivity index (χ3v) is 4.52. The van der Waals surface area contributed by atoms with Gasteiger partial charge >= 0.3 is 0 Å². The van der Waals surface area contributed by atoms with Gasteiger partial charge in [-0.2, -0.15) is 0 Å². The molecule has 1 heterocycles. The van der Waals surface area contributed by atoms with Gasteiger partial charge in [0.25, 0.3) is 5.91 Å². The zero-order valence-electron chi connectivity index (χ0n) is 14.2. The van der Waals surface area contributed by atoms with Crippen molar-refractivity contribution in [2.24, 2.45) is 4.99 Å². The van der Waals surface area contributed by atoms with E-state index in [4.69, 9.17) is 28.6 Å². The molecule has 27 heavy (non-hydrogen) atoms. The van der Waals surface area contributed by atoms with E-state index in [1.165, 1.54) is 0 Å². The summed E-state index contributed by atoms with van der Waals surface area (Å²) in [5, 5.41) is 17.5. The largest absolute Gasteiger partial charge is 0.385 e. The lowest BCUT2D eigenvalue weighted by molar-refractivity contribution is -0.113. The monoisotopic (exact) mass is 401 g/mol. The Labute approximate surface area is 166 Å². The van der Waals surface area contributed by atoms with Crippen LogP contribution in [-0.2, 0) is 17.9 Å². The highest BCUT2D eigenvalue weighted by Gasteiger charge is 2.22. The van der Waals surface area contributed by atoms with Gasteiger partial charge in [0, 0.05) is 19.3 Å². The molecule has 6 nitrogen and oxygen atoms in total. The van der Waals surface area contributed by atoms with Crippen LogP contribution in [0.5, 0.6) is 0 Å². The summed E-state index contributed by atoms with van der Waals surface area (Å²) >= 11 is 11.9. The normalized spacial score (nSPS) is 15.3. The average Bonchev–Trinajstić information content (AvgIpc) is 2.67. The summed E-state index contributed by atoms with van der Waals surface area (Å²) in [4.78, 5) is 16.3. The summed E-state index contributed by atoms with van der Waals surface area (Å²) in [6.45, 7) is 0.967. The maximum Gasteiger partial charge on any atom is 0.278 e. The van der Waals surface area contributed by atoms with Gasteiger partial charge in [-0.15, -0.1) is 0 Å². The molecular formula is C19H17Cl2N5O. The first-order valence-corrected chi connectivity index (χ1v) is 8.93. The SMILES string of the molecule is N=C1C(=O)NC(NCc2ccc(Cl)c(Cl)c2)=N/C1=C/NCc1ccccc1. The van der Waals surface area contributed by atoms with Gasteiger partial charge < -0.3 is 10.6 Å². The van der Waals surface area contributed by atoms with Crippen molar-refractivity contribution in [3.05, 3.63) is 81.6 Å². The highest BCUT2D eigenvalue weighted by molar-refractivity contribution is 6.47. The molecule has 0 unspecified atom stereocenters. The van der Waals surface area contributed by atoms with Crippen LogP contribution in [0.25, 0.3) is 0 Å². The second-order valence-corrected chi connectivity index (χ2v) is 6.60. The molecule has 0 saturated heterocycles. The van der Waals surface area contributed by atoms with Crippen molar-refractivity contribution in [1.29, 1.82) is 5.41 Å². The fraction of sp³-hybridized carbons (Fsp3) is 0.105. The summed E-state index contributed by atoms with van der Waals surface area (Å²) < 4.78 is 0. The maximum atomic E-state index is 12.0. The predicted octanol–water partition coefficient (Wildman–Crippen LogP) is 3.22. The molecule has 0 saturated carbocycles. The van der Waals surface area contributed by atoms with Crippen LogP contribution < -0.4 is 16.0 Å². The molecule has 138 valence electrons. The molecule has 0 aromatic heterocycles. The smallest absolute Gasteiger partial charge is 0.278 e. The number of carbonyl (C=O) groups is 1. The standard InChI is InChI=1S/C19H17Cl2N5O/c20-14-7-6-13(8-15(14)21)10-24-19-25-16(17(22)18(27)26-19)11-23-9-12-4-2-1-3-5-12/h1-8,11,22-23H,9-10H2,(H2,24,25,26,27)/b16-11+,22-17?. The van der Waals surface area contributed by atoms with Crippen molar-refractivity contribution in [1.82, 2.24) is 16.0 Å². The van der Waals surface area contributed by atoms with Gasteiger partial charge in [0.2, 0.25) is 5.96 Å². The first-order valence-electron chi connectivity index (χ1n) is 8.17. The fourth-order valence-electron chi connectivity index (χ4n) is 2.38. The van der Waals surface area contributed by atoms with Crippen LogP contribution in [0.4, 0.5) is 0 Å². The molecule has 2 aromatic carbocycles. The Bertz CT molecular complexity index is 925. The number of nitrogens with one attached hydrogen (secondary N) is 4. The summed E-state index contributed by atoms with van der Waals surface area (Å²) in [6.07, 6.45) is 1.56. The van der Waals surface area contributed by atoms with Crippen LogP contribution in [0.2, 0.25) is 10.0 Å². The Morgan fingerprint density at radius 1 is 1.04 bits per heavy atom. The second kappa shape index (κ2) is 8.70. The van der Waals surface area contributed by atoms with Gasteiger partial charge in [-0.05, 0) is 23.3 Å². The topological polar surface area (TPSA) is 89.4 Å². The highest BCUT2D eigenvalue weighted by Crippen LogP contribution is 2.22. The van der Waals surface area contributed by atoms with Crippen molar-refractivity contribution < 1.29 is 4.79 Å². The van der Waals surface area contributed by atoms with E-state index in [0.717, 1.165) is 11.1 Å². The van der Waals surface area contributed by atoms with Gasteiger partial charge in [-0.25, -0.2) is 4.99 Å². The molecule has 1 aliphatic heterocycles. The van der Waals surface area contributed by atoms with Crippen LogP contribution >= 0.6 is 23.2 Å². The molecule has 3 rings (SSSR count). The predicted molar refractivity (Wildman–Crippen MR) is 108 cm³/mol. The Kier molecular flexibility index (Phi) is 6.11. The number of benzene rings is 2. The number of rotatable bonds is 5. The van der Waals surface area contributed by atoms with Crippen molar-refractivity contribution in [3.8, 4) is 0 Å². The van der Waals surface area contributed by atoms with E-state index in [2.05, 4.69) is 20.9 Å². The first kappa shape index (κ1) is 18.9. The molecular weight excluding hydrogens is 385 g/mol. The van der Waals surface area contributed by atoms with Crippen molar-refractivity contribution in [2.45, 2.75) is 13.1 Å². The summed E-state index contributed by atoms with van der Waals surface area (Å²) in [5.74, 6) is -0.246. The van der Waals surface area contributed by atoms with Crippen molar-refractivity contribution >= 4 is 40.8 Å². The summed E-state index contributed by atoms with van der Waals surface area (Å²) in [6, 6.07) is 15.1. The zero-order valence-corrected chi connectivity index (χ0v) is 15.7. The van der Waals surface area contributed by atoms with E-state index in [9.17, 15) is 4.79 Å². The van der Waals surface area contributed by atoms with E-state index in [1.54, 1.807) is 18.3 Å². The summed E-state index contributed by atoms with van der Waals surface area (Å²) in [7, 11) is 0. The Hall–Kier alpha value is -2.83. The lowest BCUT2D eigenvalue weighted by Crippen LogP contribution is -2.47. The number of nitrogens with zero attached hydrogens (tertiary/aromatic N) is 1. The maximum absolute atomic E-state index is 12.0. The minimum Gasteiger partial charge on any atom is -0.385 e. The molecule has 0 bridgehead atoms. The quantitative estimate of drug-likeness (QED) is 0.619. The van der Waals surface area contributed by atoms with Gasteiger partial charge in [0.15, 0.2) is 0 Å². The number of hydrogen-bond donors (Lipinski definition) is 4. The summed E-state index contributed by atoms with van der Waals surface area (Å²) in [5.41, 5.74) is 2.03. The fourth-order valence-corrected chi connectivity index (χ4v) is 2.70. The third kappa shape index (κ3) is 5.09. The van der Waals surface area contributed by atoms with E-state index in [1.807, 2.05) is 36.4 Å². The zero-order chi connectivity index (χ0) is 19.2. The van der Waals surface area contributed by atoms with E-state index < -0.39 is 5.91 Å². The van der Waals surface area contributed by atoms with Crippen LogP contribution in [0.15, 0.2) is 65.4 Å². The van der Waals surface area contributed by atoms with Crippen molar-refractivity contribution in [3.63, 3.8) is 0 Å². The number of guanidine groups is 1. The van der Waals surface area contributed by atoms with Gasteiger partial charge in [-0.1, -0.05) is 59.6 Å². The van der Waals surface area contributed by atoms with Crippen LogP contribution in [0.3, 0.4) is 0 Å². The molecule has 2 aromatic rings. The molecule has 0 aliphatic carbocycles. The Balaban J connectivity index is 1.66. The highest BCUT2D eigenvalue weighted by atomic mass is 35.5. The van der Waals surface area contributed by atoms with Crippen LogP contribution in [-0.4, -0.2) is 17.6 Å². The number of amides is 1. The third-order valence-electron chi connectivity index (χ3n) is 3.78. The van der Waals surface area contributed by atoms with E-state index in [-0.39, 0.29) is 17.4 Å². The van der Waals surface area contributed by atoms with E-state index in [0.29, 0.717) is 23.1 Å². The lowest BCUT2D eigenvalue weighted by atomic mass is 10.2. The number of aliphatic imine (C=N–C) groups is 1. The average molecular weight is 402 g/mol. The molecule has 8 heteroatoms. The molecule has 4 N–H and O–H groups in total. The molecule has 1 amide bonds. The minimum absolute atomic E-state index is 0.198. The molecule has 0 spiro atoms. The van der Waals surface area contributed by atoms with Crippen LogP contribution in [0, 0.1) is 5.41 Å². The van der Waals surface area contributed by atoms with Gasteiger partial charge in [-0.3, -0.25) is 15.5 Å². The van der Waals surface area contributed by atoms with E-state index >= 15 is 0 Å². The van der Waals surface area contributed by atoms with Crippen molar-refractivity contribution in [2.75, 3.05) is 0 Å². The molecule has 0 atom stereocenters. The minimum atomic E-state index is -0.519. The Morgan fingerprint density at radius 2 is 1.81 bits per heavy atom. The number of halogens is 2. The molecule has 1 aliphatic rings. The van der Waals surface area contributed by atoms with Gasteiger partial charge in [0.05, 0.1) is 10.0 Å². The molecule has 0 radical (unpaired) electrons. The molecule has 0 fully saturated rings. The Morgan fingerprint density at radius 3 is 2.56 bits per heavy atom. The second-order valence-electron chi connectivity index (χ2n) is 5.79. The number of carbonyl (C=O) groups excluding carboxylic acids is 1.